The molecule has 26 heavy (non-hydrogen) atoms. The number of aldehydes is 1. The molecule has 4 heteroatoms. The first-order valence-corrected chi connectivity index (χ1v) is 9.32. The van der Waals surface area contributed by atoms with E-state index in [1.54, 1.807) is 18.2 Å². The minimum atomic E-state index is -0.554. The van der Waals surface area contributed by atoms with E-state index < -0.39 is 6.04 Å². The maximum absolute atomic E-state index is 12.7. The number of fused-ring (bicyclic) bond motifs is 2. The van der Waals surface area contributed by atoms with Gasteiger partial charge in [0.15, 0.2) is 0 Å². The third kappa shape index (κ3) is 4.72. The predicted molar refractivity (Wildman–Crippen MR) is 102 cm³/mol. The van der Waals surface area contributed by atoms with Crippen LogP contribution in [0.15, 0.2) is 48.5 Å². The average molecular weight is 351 g/mol. The van der Waals surface area contributed by atoms with Gasteiger partial charge in [-0.25, -0.2) is 0 Å². The number of aryl methyl sites for hydroxylation is 1. The third-order valence-corrected chi connectivity index (χ3v) is 4.77. The quantitative estimate of drug-likeness (QED) is 0.797. The van der Waals surface area contributed by atoms with Crippen LogP contribution in [0.3, 0.4) is 0 Å². The van der Waals surface area contributed by atoms with Crippen molar-refractivity contribution < 1.29 is 14.3 Å². The lowest BCUT2D eigenvalue weighted by atomic mass is 9.96. The van der Waals surface area contributed by atoms with Crippen molar-refractivity contribution in [1.82, 2.24) is 5.32 Å². The van der Waals surface area contributed by atoms with Gasteiger partial charge in [-0.1, -0.05) is 49.2 Å². The number of hydrogen-bond acceptors (Lipinski definition) is 3. The van der Waals surface area contributed by atoms with Gasteiger partial charge in [-0.2, -0.15) is 0 Å². The van der Waals surface area contributed by atoms with Crippen LogP contribution in [0.2, 0.25) is 0 Å². The summed E-state index contributed by atoms with van der Waals surface area (Å²) in [6.07, 6.45) is 6.66. The summed E-state index contributed by atoms with van der Waals surface area (Å²) in [6.45, 7) is 0.595. The maximum Gasteiger partial charge on any atom is 0.255 e. The van der Waals surface area contributed by atoms with Crippen LogP contribution in [0.4, 0.5) is 0 Å². The van der Waals surface area contributed by atoms with E-state index in [0.717, 1.165) is 44.0 Å². The Balaban J connectivity index is 1.86. The molecule has 0 radical (unpaired) electrons. The number of rotatable bonds is 1. The second-order valence-corrected chi connectivity index (χ2v) is 6.70. The number of nitrogens with one attached hydrogen (secondary N) is 1. The van der Waals surface area contributed by atoms with Gasteiger partial charge in [0.1, 0.15) is 12.0 Å². The predicted octanol–water partition coefficient (Wildman–Crippen LogP) is 3.72. The molecule has 0 saturated carbocycles. The van der Waals surface area contributed by atoms with Gasteiger partial charge in [-0.15, -0.1) is 0 Å². The summed E-state index contributed by atoms with van der Waals surface area (Å²) in [5.74, 6) is 0.301. The van der Waals surface area contributed by atoms with Crippen molar-refractivity contribution >= 4 is 12.2 Å². The van der Waals surface area contributed by atoms with E-state index in [-0.39, 0.29) is 5.91 Å². The second-order valence-electron chi connectivity index (χ2n) is 6.70. The van der Waals surface area contributed by atoms with Crippen LogP contribution in [0.1, 0.15) is 47.2 Å². The molecule has 1 aliphatic heterocycles. The van der Waals surface area contributed by atoms with Gasteiger partial charge >= 0.3 is 0 Å². The van der Waals surface area contributed by atoms with Gasteiger partial charge in [-0.3, -0.25) is 4.79 Å². The zero-order chi connectivity index (χ0) is 18.2. The highest BCUT2D eigenvalue weighted by molar-refractivity contribution is 5.98. The first-order chi connectivity index (χ1) is 12.8. The fourth-order valence-electron chi connectivity index (χ4n) is 3.35. The largest absolute Gasteiger partial charge is 0.493 e. The SMILES string of the molecule is O=C[C@@H]1Cc2ccccc2CCCCCCOc2ccccc2C(=O)N1. The van der Waals surface area contributed by atoms with Crippen molar-refractivity contribution in [2.45, 2.75) is 44.6 Å². The highest BCUT2D eigenvalue weighted by Crippen LogP contribution is 2.20. The molecule has 1 amide bonds. The van der Waals surface area contributed by atoms with E-state index in [4.69, 9.17) is 4.74 Å². The second kappa shape index (κ2) is 9.18. The van der Waals surface area contributed by atoms with Crippen molar-refractivity contribution in [2.75, 3.05) is 6.61 Å². The van der Waals surface area contributed by atoms with Gasteiger partial charge in [0, 0.05) is 0 Å². The minimum absolute atomic E-state index is 0.273. The molecule has 0 unspecified atom stereocenters. The van der Waals surface area contributed by atoms with Crippen molar-refractivity contribution in [1.29, 1.82) is 0 Å². The van der Waals surface area contributed by atoms with Gasteiger partial charge in [0.05, 0.1) is 18.2 Å². The summed E-state index contributed by atoms with van der Waals surface area (Å²) in [4.78, 5) is 24.3. The van der Waals surface area contributed by atoms with Crippen LogP contribution < -0.4 is 10.1 Å². The first kappa shape index (κ1) is 18.2. The molecule has 0 fully saturated rings. The number of amides is 1. The van der Waals surface area contributed by atoms with Crippen molar-refractivity contribution in [2.24, 2.45) is 0 Å². The molecule has 3 rings (SSSR count). The number of carbonyl (C=O) groups is 2. The molecular weight excluding hydrogens is 326 g/mol. The molecular formula is C22H25NO3. The van der Waals surface area contributed by atoms with E-state index >= 15 is 0 Å². The Hall–Kier alpha value is -2.62. The molecule has 4 nitrogen and oxygen atoms in total. The van der Waals surface area contributed by atoms with Crippen molar-refractivity contribution in [3.05, 3.63) is 65.2 Å². The van der Waals surface area contributed by atoms with E-state index in [2.05, 4.69) is 11.4 Å². The topological polar surface area (TPSA) is 55.4 Å². The Morgan fingerprint density at radius 2 is 1.65 bits per heavy atom. The Bertz CT molecular complexity index is 757. The summed E-state index contributed by atoms with van der Waals surface area (Å²) in [5, 5.41) is 2.85. The minimum Gasteiger partial charge on any atom is -0.493 e. The van der Waals surface area contributed by atoms with E-state index in [9.17, 15) is 9.59 Å². The summed E-state index contributed by atoms with van der Waals surface area (Å²) in [5.41, 5.74) is 2.87. The van der Waals surface area contributed by atoms with Crippen LogP contribution >= 0.6 is 0 Å². The fourth-order valence-corrected chi connectivity index (χ4v) is 3.35. The van der Waals surface area contributed by atoms with Crippen LogP contribution in [-0.4, -0.2) is 24.8 Å². The maximum atomic E-state index is 12.7. The molecule has 1 heterocycles. The normalized spacial score (nSPS) is 18.9. The van der Waals surface area contributed by atoms with Crippen LogP contribution in [-0.2, 0) is 17.6 Å². The highest BCUT2D eigenvalue weighted by Gasteiger charge is 2.18. The molecule has 0 bridgehead atoms. The standard InChI is InChI=1S/C22H25NO3/c24-16-19-15-18-11-5-4-10-17(18)9-3-1-2-8-14-26-21-13-7-6-12-20(21)22(25)23-19/h4-7,10-13,16,19H,1-3,8-9,14-15H2,(H,23,25)/t19-/m0/s1. The molecule has 1 N–H and O–H groups in total. The van der Waals surface area contributed by atoms with Gasteiger partial charge < -0.3 is 14.8 Å². The number of hydrogen-bond donors (Lipinski definition) is 1. The molecule has 2 aromatic carbocycles. The molecule has 0 saturated heterocycles. The molecule has 136 valence electrons. The molecule has 2 aromatic rings. The van der Waals surface area contributed by atoms with E-state index in [0.29, 0.717) is 24.3 Å². The van der Waals surface area contributed by atoms with Gasteiger partial charge in [0.2, 0.25) is 0 Å². The highest BCUT2D eigenvalue weighted by atomic mass is 16.5. The monoisotopic (exact) mass is 351 g/mol. The summed E-state index contributed by atoms with van der Waals surface area (Å²) >= 11 is 0. The number of benzene rings is 2. The smallest absolute Gasteiger partial charge is 0.255 e. The Morgan fingerprint density at radius 3 is 2.50 bits per heavy atom. The van der Waals surface area contributed by atoms with Crippen molar-refractivity contribution in [3.8, 4) is 5.75 Å². The molecule has 0 spiro atoms. The number of ether oxygens (including phenoxy) is 1. The molecule has 1 aliphatic rings. The number of para-hydroxylation sites is 1. The van der Waals surface area contributed by atoms with Gasteiger partial charge in [0.25, 0.3) is 5.91 Å². The molecule has 1 atom stereocenters. The lowest BCUT2D eigenvalue weighted by Gasteiger charge is -2.16. The zero-order valence-electron chi connectivity index (χ0n) is 14.9. The average Bonchev–Trinajstić information content (AvgIpc) is 2.67. The van der Waals surface area contributed by atoms with Gasteiger partial charge in [-0.05, 0) is 48.9 Å². The Kier molecular flexibility index (Phi) is 6.42. The van der Waals surface area contributed by atoms with Crippen LogP contribution in [0.25, 0.3) is 0 Å². The number of carbonyl (C=O) groups excluding carboxylic acids is 2. The summed E-state index contributed by atoms with van der Waals surface area (Å²) in [7, 11) is 0. The fraction of sp³-hybridized carbons (Fsp3) is 0.364. The van der Waals surface area contributed by atoms with Crippen molar-refractivity contribution in [3.63, 3.8) is 0 Å². The summed E-state index contributed by atoms with van der Waals surface area (Å²) < 4.78 is 5.82. The summed E-state index contributed by atoms with van der Waals surface area (Å²) in [6, 6.07) is 14.8. The molecule has 0 aromatic heterocycles. The van der Waals surface area contributed by atoms with E-state index in [1.165, 1.54) is 5.56 Å². The third-order valence-electron chi connectivity index (χ3n) is 4.77. The lowest BCUT2D eigenvalue weighted by molar-refractivity contribution is -0.109. The Morgan fingerprint density at radius 1 is 0.923 bits per heavy atom. The lowest BCUT2D eigenvalue weighted by Crippen LogP contribution is -2.38. The first-order valence-electron chi connectivity index (χ1n) is 9.32. The zero-order valence-corrected chi connectivity index (χ0v) is 14.9. The van der Waals surface area contributed by atoms with E-state index in [1.807, 2.05) is 24.3 Å². The van der Waals surface area contributed by atoms with Crippen LogP contribution in [0, 0.1) is 0 Å². The Labute approximate surface area is 154 Å². The molecule has 0 aliphatic carbocycles. The van der Waals surface area contributed by atoms with Crippen LogP contribution in [0.5, 0.6) is 5.75 Å².